The molecule has 1 aliphatic carbocycles. The van der Waals surface area contributed by atoms with Gasteiger partial charge in [0.2, 0.25) is 5.91 Å². The summed E-state index contributed by atoms with van der Waals surface area (Å²) < 4.78 is 0. The van der Waals surface area contributed by atoms with Gasteiger partial charge in [0.05, 0.1) is 6.07 Å². The second kappa shape index (κ2) is 3.37. The van der Waals surface area contributed by atoms with E-state index in [0.29, 0.717) is 0 Å². The lowest BCUT2D eigenvalue weighted by molar-refractivity contribution is -0.129. The maximum Gasteiger partial charge on any atom is 0.236 e. The highest BCUT2D eigenvalue weighted by molar-refractivity contribution is 5.78. The second-order valence-electron chi connectivity index (χ2n) is 4.08. The Morgan fingerprint density at radius 3 is 2.54 bits per heavy atom. The van der Waals surface area contributed by atoms with Crippen LogP contribution in [-0.4, -0.2) is 23.9 Å². The van der Waals surface area contributed by atoms with E-state index in [0.717, 1.165) is 24.9 Å². The molecule has 0 spiro atoms. The minimum absolute atomic E-state index is 0.0249. The number of likely N-dealkylation sites (tertiary alicyclic amines) is 1. The van der Waals surface area contributed by atoms with Crippen molar-refractivity contribution in [1.82, 2.24) is 4.90 Å². The Morgan fingerprint density at radius 1 is 1.38 bits per heavy atom. The van der Waals surface area contributed by atoms with E-state index in [9.17, 15) is 4.79 Å². The summed E-state index contributed by atoms with van der Waals surface area (Å²) >= 11 is 0. The molecule has 1 aliphatic heterocycles. The van der Waals surface area contributed by atoms with Crippen molar-refractivity contribution < 1.29 is 4.79 Å². The molecule has 1 saturated carbocycles. The van der Waals surface area contributed by atoms with E-state index < -0.39 is 0 Å². The van der Waals surface area contributed by atoms with Gasteiger partial charge in [-0.15, -0.1) is 0 Å². The number of carbonyl (C=O) groups is 1. The van der Waals surface area contributed by atoms with Crippen LogP contribution in [0.2, 0.25) is 0 Å². The van der Waals surface area contributed by atoms with Crippen molar-refractivity contribution in [1.29, 1.82) is 5.26 Å². The molecule has 3 heteroatoms. The van der Waals surface area contributed by atoms with Crippen molar-refractivity contribution in [3.05, 3.63) is 0 Å². The third-order valence-electron chi connectivity index (χ3n) is 3.31. The monoisotopic (exact) mass is 178 g/mol. The molecule has 3 nitrogen and oxygen atoms in total. The van der Waals surface area contributed by atoms with Crippen LogP contribution in [-0.2, 0) is 4.79 Å². The van der Waals surface area contributed by atoms with E-state index in [2.05, 4.69) is 0 Å². The number of fused-ring (bicyclic) bond motifs is 1. The first kappa shape index (κ1) is 8.55. The number of hydrogen-bond donors (Lipinski definition) is 0. The lowest BCUT2D eigenvalue weighted by Gasteiger charge is -2.14. The first-order chi connectivity index (χ1) is 6.31. The van der Waals surface area contributed by atoms with Crippen LogP contribution in [0, 0.1) is 23.2 Å². The minimum atomic E-state index is 0.0249. The summed E-state index contributed by atoms with van der Waals surface area (Å²) in [5.74, 6) is 1.50. The molecule has 0 N–H and O–H groups in total. The first-order valence-electron chi connectivity index (χ1n) is 4.96. The second-order valence-corrected chi connectivity index (χ2v) is 4.08. The van der Waals surface area contributed by atoms with Crippen LogP contribution >= 0.6 is 0 Å². The van der Waals surface area contributed by atoms with Crippen LogP contribution in [0.5, 0.6) is 0 Å². The van der Waals surface area contributed by atoms with Crippen LogP contribution in [0.15, 0.2) is 0 Å². The summed E-state index contributed by atoms with van der Waals surface area (Å²) in [6.07, 6.45) is 3.94. The summed E-state index contributed by atoms with van der Waals surface area (Å²) in [5.41, 5.74) is 0. The fourth-order valence-corrected chi connectivity index (χ4v) is 2.62. The Morgan fingerprint density at radius 2 is 2.00 bits per heavy atom. The molecule has 0 bridgehead atoms. The molecule has 70 valence electrons. The van der Waals surface area contributed by atoms with E-state index in [1.807, 2.05) is 11.0 Å². The van der Waals surface area contributed by atoms with E-state index in [4.69, 9.17) is 5.26 Å². The van der Waals surface area contributed by atoms with Gasteiger partial charge in [0.1, 0.15) is 6.42 Å². The summed E-state index contributed by atoms with van der Waals surface area (Å²) in [5, 5.41) is 8.40. The van der Waals surface area contributed by atoms with Gasteiger partial charge in [-0.25, -0.2) is 0 Å². The first-order valence-corrected chi connectivity index (χ1v) is 4.96. The van der Waals surface area contributed by atoms with Gasteiger partial charge < -0.3 is 4.90 Å². The molecule has 13 heavy (non-hydrogen) atoms. The SMILES string of the molecule is N#CCC(=O)N1CC2CCCC2C1. The van der Waals surface area contributed by atoms with Gasteiger partial charge in [-0.2, -0.15) is 5.26 Å². The molecular weight excluding hydrogens is 164 g/mol. The van der Waals surface area contributed by atoms with Crippen LogP contribution < -0.4 is 0 Å². The van der Waals surface area contributed by atoms with Gasteiger partial charge >= 0.3 is 0 Å². The third-order valence-corrected chi connectivity index (χ3v) is 3.31. The summed E-state index contributed by atoms with van der Waals surface area (Å²) in [7, 11) is 0. The molecule has 1 heterocycles. The van der Waals surface area contributed by atoms with Gasteiger partial charge in [0.15, 0.2) is 0 Å². The highest BCUT2D eigenvalue weighted by Crippen LogP contribution is 2.37. The van der Waals surface area contributed by atoms with E-state index in [1.165, 1.54) is 19.3 Å². The Hall–Kier alpha value is -1.04. The molecule has 2 unspecified atom stereocenters. The standard InChI is InChI=1S/C10H14N2O/c11-5-4-10(13)12-6-8-2-1-3-9(8)7-12/h8-9H,1-4,6-7H2. The van der Waals surface area contributed by atoms with Gasteiger partial charge in [-0.05, 0) is 24.7 Å². The van der Waals surface area contributed by atoms with Crippen molar-refractivity contribution >= 4 is 5.91 Å². The topological polar surface area (TPSA) is 44.1 Å². The Kier molecular flexibility index (Phi) is 2.22. The third kappa shape index (κ3) is 1.53. The van der Waals surface area contributed by atoms with Gasteiger partial charge in [-0.1, -0.05) is 6.42 Å². The highest BCUT2D eigenvalue weighted by Gasteiger charge is 2.37. The van der Waals surface area contributed by atoms with E-state index in [1.54, 1.807) is 0 Å². The summed E-state index contributed by atoms with van der Waals surface area (Å²) in [6.45, 7) is 1.82. The predicted molar refractivity (Wildman–Crippen MR) is 47.6 cm³/mol. The molecule has 0 aromatic heterocycles. The zero-order valence-electron chi connectivity index (χ0n) is 7.70. The Balaban J connectivity index is 1.92. The molecule has 1 saturated heterocycles. The molecule has 2 atom stereocenters. The molecule has 0 aromatic rings. The quantitative estimate of drug-likeness (QED) is 0.604. The lowest BCUT2D eigenvalue weighted by atomic mass is 10.0. The summed E-state index contributed by atoms with van der Waals surface area (Å²) in [6, 6.07) is 1.92. The smallest absolute Gasteiger partial charge is 0.236 e. The molecule has 2 aliphatic rings. The zero-order valence-corrected chi connectivity index (χ0v) is 7.70. The maximum atomic E-state index is 11.4. The number of nitrogens with zero attached hydrogens (tertiary/aromatic N) is 2. The van der Waals surface area contributed by atoms with Crippen LogP contribution in [0.1, 0.15) is 25.7 Å². The predicted octanol–water partition coefficient (Wildman–Crippen LogP) is 1.16. The number of nitriles is 1. The molecule has 1 amide bonds. The zero-order chi connectivity index (χ0) is 9.26. The molecule has 2 rings (SSSR count). The Labute approximate surface area is 78.3 Å². The van der Waals surface area contributed by atoms with Crippen molar-refractivity contribution in [3.63, 3.8) is 0 Å². The van der Waals surface area contributed by atoms with Crippen molar-refractivity contribution in [2.24, 2.45) is 11.8 Å². The number of rotatable bonds is 1. The number of hydrogen-bond acceptors (Lipinski definition) is 2. The van der Waals surface area contributed by atoms with Gasteiger partial charge in [-0.3, -0.25) is 4.79 Å². The van der Waals surface area contributed by atoms with E-state index in [-0.39, 0.29) is 12.3 Å². The van der Waals surface area contributed by atoms with Crippen LogP contribution in [0.4, 0.5) is 0 Å². The fraction of sp³-hybridized carbons (Fsp3) is 0.800. The molecule has 0 aromatic carbocycles. The van der Waals surface area contributed by atoms with Crippen LogP contribution in [0.25, 0.3) is 0 Å². The van der Waals surface area contributed by atoms with E-state index >= 15 is 0 Å². The van der Waals surface area contributed by atoms with Crippen molar-refractivity contribution in [3.8, 4) is 6.07 Å². The van der Waals surface area contributed by atoms with Crippen LogP contribution in [0.3, 0.4) is 0 Å². The lowest BCUT2D eigenvalue weighted by Crippen LogP contribution is -2.28. The van der Waals surface area contributed by atoms with Gasteiger partial charge in [0.25, 0.3) is 0 Å². The number of amides is 1. The molecule has 0 radical (unpaired) electrons. The molecular formula is C10H14N2O. The maximum absolute atomic E-state index is 11.4. The highest BCUT2D eigenvalue weighted by atomic mass is 16.2. The van der Waals surface area contributed by atoms with Crippen molar-refractivity contribution in [2.45, 2.75) is 25.7 Å². The van der Waals surface area contributed by atoms with Crippen molar-refractivity contribution in [2.75, 3.05) is 13.1 Å². The average molecular weight is 178 g/mol. The fourth-order valence-electron chi connectivity index (χ4n) is 2.62. The number of carbonyl (C=O) groups excluding carboxylic acids is 1. The Bertz CT molecular complexity index is 244. The molecule has 2 fully saturated rings. The largest absolute Gasteiger partial charge is 0.341 e. The summed E-state index contributed by atoms with van der Waals surface area (Å²) in [4.78, 5) is 13.3. The van der Waals surface area contributed by atoms with Gasteiger partial charge in [0, 0.05) is 13.1 Å². The average Bonchev–Trinajstić information content (AvgIpc) is 2.61. The normalized spacial score (nSPS) is 31.5. The minimum Gasteiger partial charge on any atom is -0.341 e.